The molecular weight excluding hydrogens is 288 g/mol. The van der Waals surface area contributed by atoms with E-state index in [-0.39, 0.29) is 19.1 Å². The first kappa shape index (κ1) is 17.0. The van der Waals surface area contributed by atoms with Crippen LogP contribution in [0.5, 0.6) is 0 Å². The van der Waals surface area contributed by atoms with E-state index in [9.17, 15) is 19.8 Å². The van der Waals surface area contributed by atoms with E-state index in [0.29, 0.717) is 32.4 Å². The van der Waals surface area contributed by atoms with E-state index < -0.39 is 23.3 Å². The van der Waals surface area contributed by atoms with Crippen LogP contribution >= 0.6 is 0 Å². The molecule has 2 aliphatic heterocycles. The molecule has 2 rings (SSSR count). The molecule has 0 radical (unpaired) electrons. The number of likely N-dealkylation sites (tertiary alicyclic amines) is 2. The standard InChI is InChI=1S/C15H26N2O5/c1-14(2,3)22-13(20)17-8-5-11(17)12(19)16-7-4-6-15(21,9-16)10-18/h11,18,21H,4-10H2,1-3H3/t11-,15+/m1/s1. The van der Waals surface area contributed by atoms with E-state index in [2.05, 4.69) is 0 Å². The molecule has 0 aromatic carbocycles. The zero-order chi connectivity index (χ0) is 16.5. The lowest BCUT2D eigenvalue weighted by Crippen LogP contribution is -2.62. The second-order valence-corrected chi connectivity index (χ2v) is 7.22. The van der Waals surface area contributed by atoms with Crippen molar-refractivity contribution in [2.24, 2.45) is 0 Å². The molecule has 0 aromatic rings. The SMILES string of the molecule is CC(C)(C)OC(=O)N1CC[C@@H]1C(=O)N1CCC[C@@](O)(CO)C1. The van der Waals surface area contributed by atoms with E-state index in [1.807, 2.05) is 0 Å². The summed E-state index contributed by atoms with van der Waals surface area (Å²) in [4.78, 5) is 27.6. The number of carbonyl (C=O) groups is 2. The second kappa shape index (κ2) is 6.04. The first-order valence-corrected chi connectivity index (χ1v) is 7.77. The van der Waals surface area contributed by atoms with Gasteiger partial charge in [-0.05, 0) is 40.0 Å². The number of carbonyl (C=O) groups excluding carboxylic acids is 2. The number of hydrogen-bond acceptors (Lipinski definition) is 5. The number of amides is 2. The summed E-state index contributed by atoms with van der Waals surface area (Å²) in [7, 11) is 0. The molecule has 0 spiro atoms. The summed E-state index contributed by atoms with van der Waals surface area (Å²) < 4.78 is 5.30. The van der Waals surface area contributed by atoms with Crippen molar-refractivity contribution in [3.63, 3.8) is 0 Å². The smallest absolute Gasteiger partial charge is 0.410 e. The van der Waals surface area contributed by atoms with Gasteiger partial charge in [-0.2, -0.15) is 0 Å². The van der Waals surface area contributed by atoms with Crippen LogP contribution in [0, 0.1) is 0 Å². The van der Waals surface area contributed by atoms with Gasteiger partial charge in [0.15, 0.2) is 0 Å². The van der Waals surface area contributed by atoms with Crippen LogP contribution in [0.25, 0.3) is 0 Å². The monoisotopic (exact) mass is 314 g/mol. The zero-order valence-electron chi connectivity index (χ0n) is 13.5. The fraction of sp³-hybridized carbons (Fsp3) is 0.867. The molecule has 2 aliphatic rings. The highest BCUT2D eigenvalue weighted by molar-refractivity contribution is 5.87. The predicted molar refractivity (Wildman–Crippen MR) is 79.2 cm³/mol. The van der Waals surface area contributed by atoms with Crippen molar-refractivity contribution < 1.29 is 24.5 Å². The Balaban J connectivity index is 1.97. The summed E-state index contributed by atoms with van der Waals surface area (Å²) in [6.45, 7) is 6.15. The van der Waals surface area contributed by atoms with Crippen molar-refractivity contribution in [1.82, 2.24) is 9.80 Å². The van der Waals surface area contributed by atoms with Gasteiger partial charge in [0.1, 0.15) is 17.2 Å². The van der Waals surface area contributed by atoms with Crippen LogP contribution < -0.4 is 0 Å². The molecule has 7 nitrogen and oxygen atoms in total. The molecule has 0 aliphatic carbocycles. The molecule has 2 saturated heterocycles. The predicted octanol–water partition coefficient (Wildman–Crippen LogP) is 0.342. The van der Waals surface area contributed by atoms with E-state index in [1.54, 1.807) is 25.7 Å². The van der Waals surface area contributed by atoms with Gasteiger partial charge in [0.2, 0.25) is 5.91 Å². The molecule has 22 heavy (non-hydrogen) atoms. The van der Waals surface area contributed by atoms with Crippen molar-refractivity contribution in [3.8, 4) is 0 Å². The van der Waals surface area contributed by atoms with Gasteiger partial charge in [0.25, 0.3) is 0 Å². The number of hydrogen-bond donors (Lipinski definition) is 2. The maximum atomic E-state index is 12.5. The fourth-order valence-electron chi connectivity index (χ4n) is 2.82. The van der Waals surface area contributed by atoms with Gasteiger partial charge in [0.05, 0.1) is 13.2 Å². The van der Waals surface area contributed by atoms with Crippen LogP contribution in [0.15, 0.2) is 0 Å². The van der Waals surface area contributed by atoms with Crippen LogP contribution in [0.2, 0.25) is 0 Å². The minimum absolute atomic E-state index is 0.112. The van der Waals surface area contributed by atoms with Crippen LogP contribution in [-0.2, 0) is 9.53 Å². The lowest BCUT2D eigenvalue weighted by atomic mass is 9.92. The number of rotatable bonds is 2. The summed E-state index contributed by atoms with van der Waals surface area (Å²) in [5.41, 5.74) is -1.82. The Hall–Kier alpha value is -1.34. The van der Waals surface area contributed by atoms with Crippen molar-refractivity contribution >= 4 is 12.0 Å². The Bertz CT molecular complexity index is 448. The normalized spacial score (nSPS) is 29.0. The van der Waals surface area contributed by atoms with E-state index >= 15 is 0 Å². The largest absolute Gasteiger partial charge is 0.444 e. The third-order valence-corrected chi connectivity index (χ3v) is 4.09. The lowest BCUT2D eigenvalue weighted by molar-refractivity contribution is -0.150. The molecule has 2 fully saturated rings. The van der Waals surface area contributed by atoms with Crippen LogP contribution in [0.3, 0.4) is 0 Å². The van der Waals surface area contributed by atoms with Gasteiger partial charge in [-0.3, -0.25) is 9.69 Å². The minimum atomic E-state index is -1.23. The summed E-state index contributed by atoms with van der Waals surface area (Å²) in [6, 6.07) is -0.518. The summed E-state index contributed by atoms with van der Waals surface area (Å²) in [6.07, 6.45) is 1.24. The molecule has 0 aromatic heterocycles. The highest BCUT2D eigenvalue weighted by Gasteiger charge is 2.44. The number of β-amino-alcohol motifs (C(OH)–C–C–N with tert-alkyl or cyclic N) is 1. The quantitative estimate of drug-likeness (QED) is 0.767. The minimum Gasteiger partial charge on any atom is -0.444 e. The van der Waals surface area contributed by atoms with Gasteiger partial charge in [-0.15, -0.1) is 0 Å². The topological polar surface area (TPSA) is 90.3 Å². The molecule has 0 saturated carbocycles. The number of nitrogens with zero attached hydrogens (tertiary/aromatic N) is 2. The second-order valence-electron chi connectivity index (χ2n) is 7.22. The average molecular weight is 314 g/mol. The highest BCUT2D eigenvalue weighted by Crippen LogP contribution is 2.26. The van der Waals surface area contributed by atoms with Gasteiger partial charge < -0.3 is 19.8 Å². The molecule has 0 bridgehead atoms. The third-order valence-electron chi connectivity index (χ3n) is 4.09. The van der Waals surface area contributed by atoms with E-state index in [4.69, 9.17) is 4.74 Å². The number of aliphatic hydroxyl groups excluding tert-OH is 1. The molecule has 2 N–H and O–H groups in total. The van der Waals surface area contributed by atoms with Crippen molar-refractivity contribution in [2.45, 2.75) is 57.3 Å². The Labute approximate surface area is 130 Å². The number of aliphatic hydroxyl groups is 2. The molecule has 0 unspecified atom stereocenters. The first-order valence-electron chi connectivity index (χ1n) is 7.77. The van der Waals surface area contributed by atoms with Crippen molar-refractivity contribution in [3.05, 3.63) is 0 Å². The molecular formula is C15H26N2O5. The summed E-state index contributed by atoms with van der Waals surface area (Å²) in [5, 5.41) is 19.4. The molecule has 7 heteroatoms. The molecule has 2 heterocycles. The molecule has 126 valence electrons. The Kier molecular flexibility index (Phi) is 4.67. The Morgan fingerprint density at radius 2 is 2.00 bits per heavy atom. The molecule has 2 atom stereocenters. The van der Waals surface area contributed by atoms with Crippen LogP contribution in [0.1, 0.15) is 40.0 Å². The summed E-state index contributed by atoms with van der Waals surface area (Å²) in [5.74, 6) is -0.177. The first-order chi connectivity index (χ1) is 10.2. The highest BCUT2D eigenvalue weighted by atomic mass is 16.6. The Morgan fingerprint density at radius 1 is 1.32 bits per heavy atom. The third kappa shape index (κ3) is 3.70. The van der Waals surface area contributed by atoms with Crippen LogP contribution in [0.4, 0.5) is 4.79 Å². The van der Waals surface area contributed by atoms with Crippen molar-refractivity contribution in [2.75, 3.05) is 26.2 Å². The average Bonchev–Trinajstić information content (AvgIpc) is 2.35. The lowest BCUT2D eigenvalue weighted by Gasteiger charge is -2.45. The zero-order valence-corrected chi connectivity index (χ0v) is 13.5. The van der Waals surface area contributed by atoms with Gasteiger partial charge in [-0.1, -0.05) is 0 Å². The van der Waals surface area contributed by atoms with Crippen LogP contribution in [-0.4, -0.2) is 75.5 Å². The van der Waals surface area contributed by atoms with Crippen molar-refractivity contribution in [1.29, 1.82) is 0 Å². The Morgan fingerprint density at radius 3 is 2.50 bits per heavy atom. The van der Waals surface area contributed by atoms with E-state index in [1.165, 1.54) is 4.90 Å². The molecule has 2 amide bonds. The number of piperidine rings is 1. The van der Waals surface area contributed by atoms with Gasteiger partial charge in [0, 0.05) is 13.1 Å². The number of ether oxygens (including phenoxy) is 1. The van der Waals surface area contributed by atoms with Gasteiger partial charge >= 0.3 is 6.09 Å². The fourth-order valence-corrected chi connectivity index (χ4v) is 2.82. The van der Waals surface area contributed by atoms with E-state index in [0.717, 1.165) is 0 Å². The maximum absolute atomic E-state index is 12.5. The van der Waals surface area contributed by atoms with Gasteiger partial charge in [-0.25, -0.2) is 4.79 Å². The summed E-state index contributed by atoms with van der Waals surface area (Å²) >= 11 is 0. The maximum Gasteiger partial charge on any atom is 0.410 e.